The Morgan fingerprint density at radius 2 is 1.02 bits per heavy atom. The summed E-state index contributed by atoms with van der Waals surface area (Å²) in [6, 6.07) is 0. The van der Waals surface area contributed by atoms with Crippen LogP contribution in [0, 0.1) is 0 Å². The van der Waals surface area contributed by atoms with Crippen LogP contribution in [0.1, 0.15) is 174 Å². The molecule has 0 heterocycles. The molecule has 0 aliphatic rings. The van der Waals surface area contributed by atoms with Gasteiger partial charge in [0.2, 0.25) is 0 Å². The molecular weight excluding hydrogens is 701 g/mol. The molecule has 9 nitrogen and oxygen atoms in total. The molecule has 0 aromatic heterocycles. The van der Waals surface area contributed by atoms with Crippen LogP contribution in [0.15, 0.2) is 60.8 Å². The summed E-state index contributed by atoms with van der Waals surface area (Å²) in [5.74, 6) is -0.843. The number of carbonyl (C=O) groups excluding carboxylic acids is 2. The van der Waals surface area contributed by atoms with Gasteiger partial charge >= 0.3 is 19.8 Å². The van der Waals surface area contributed by atoms with E-state index in [2.05, 4.69) is 74.6 Å². The quantitative estimate of drug-likeness (QED) is 0.0270. The van der Waals surface area contributed by atoms with E-state index in [0.717, 1.165) is 77.0 Å². The van der Waals surface area contributed by atoms with Gasteiger partial charge in [0.15, 0.2) is 6.10 Å². The van der Waals surface area contributed by atoms with E-state index in [0.29, 0.717) is 6.42 Å². The zero-order chi connectivity index (χ0) is 39.6. The van der Waals surface area contributed by atoms with Crippen molar-refractivity contribution in [1.29, 1.82) is 0 Å². The number of ether oxygens (including phenoxy) is 2. The lowest BCUT2D eigenvalue weighted by Crippen LogP contribution is -2.29. The van der Waals surface area contributed by atoms with Crippen molar-refractivity contribution < 1.29 is 37.6 Å². The molecule has 3 N–H and O–H groups in total. The first-order valence-corrected chi connectivity index (χ1v) is 22.8. The van der Waals surface area contributed by atoms with Crippen LogP contribution in [-0.4, -0.2) is 49.3 Å². The van der Waals surface area contributed by atoms with Crippen molar-refractivity contribution in [2.75, 3.05) is 26.4 Å². The van der Waals surface area contributed by atoms with Crippen molar-refractivity contribution >= 4 is 19.8 Å². The molecule has 0 fully saturated rings. The van der Waals surface area contributed by atoms with E-state index in [1.54, 1.807) is 0 Å². The zero-order valence-corrected chi connectivity index (χ0v) is 35.1. The fourth-order valence-electron chi connectivity index (χ4n) is 5.54. The highest BCUT2D eigenvalue weighted by molar-refractivity contribution is 7.47. The van der Waals surface area contributed by atoms with E-state index in [1.165, 1.54) is 64.2 Å². The van der Waals surface area contributed by atoms with Gasteiger partial charge in [-0.25, -0.2) is 4.57 Å². The predicted octanol–water partition coefficient (Wildman–Crippen LogP) is 12.1. The van der Waals surface area contributed by atoms with Crippen LogP contribution in [0.25, 0.3) is 0 Å². The summed E-state index contributed by atoms with van der Waals surface area (Å²) in [4.78, 5) is 34.7. The second-order valence-electron chi connectivity index (χ2n) is 13.8. The molecule has 312 valence electrons. The summed E-state index contributed by atoms with van der Waals surface area (Å²) in [5.41, 5.74) is 5.33. The number of allylic oxidation sites excluding steroid dienone is 10. The summed E-state index contributed by atoms with van der Waals surface area (Å²) < 4.78 is 32.6. The Morgan fingerprint density at radius 3 is 1.52 bits per heavy atom. The summed E-state index contributed by atoms with van der Waals surface area (Å²) in [7, 11) is -4.37. The number of esters is 2. The Hall–Kier alpha value is -2.29. The van der Waals surface area contributed by atoms with Gasteiger partial charge in [0, 0.05) is 19.4 Å². The number of unbranched alkanes of at least 4 members (excludes halogenated alkanes) is 16. The molecule has 0 amide bonds. The van der Waals surface area contributed by atoms with Crippen molar-refractivity contribution in [2.45, 2.75) is 180 Å². The number of rotatable bonds is 39. The van der Waals surface area contributed by atoms with Crippen LogP contribution < -0.4 is 5.73 Å². The molecule has 54 heavy (non-hydrogen) atoms. The number of nitrogens with two attached hydrogens (primary N) is 1. The molecule has 0 aliphatic heterocycles. The minimum Gasteiger partial charge on any atom is -0.462 e. The van der Waals surface area contributed by atoms with Crippen LogP contribution in [-0.2, 0) is 32.7 Å². The second-order valence-corrected chi connectivity index (χ2v) is 15.3. The first-order chi connectivity index (χ1) is 26.3. The van der Waals surface area contributed by atoms with Crippen LogP contribution in [0.3, 0.4) is 0 Å². The fraction of sp³-hybridized carbons (Fsp3) is 0.727. The molecule has 0 rings (SSSR count). The highest BCUT2D eigenvalue weighted by Gasteiger charge is 2.26. The maximum absolute atomic E-state index is 12.6. The molecule has 0 saturated heterocycles. The first-order valence-electron chi connectivity index (χ1n) is 21.3. The molecule has 0 saturated carbocycles. The first kappa shape index (κ1) is 51.7. The highest BCUT2D eigenvalue weighted by Crippen LogP contribution is 2.43. The third kappa shape index (κ3) is 39.4. The van der Waals surface area contributed by atoms with Gasteiger partial charge in [0.1, 0.15) is 6.61 Å². The standard InChI is InChI=1S/C44H78NO8P/c1-3-5-7-9-11-13-14-15-16-17-18-19-20-21-22-23-24-25-26-27-28-29-31-33-35-37-44(47)53-42(41-52-54(48,49)51-39-38-45)40-50-43(46)36-34-32-30-12-10-8-6-4-2/h5,7,11,13,15-16,18-19,21-22,42H,3-4,6,8-10,12,14,17,20,23-41,45H2,1-2H3,(H,48,49)/b7-5-,13-11-,16-15-,19-18-,22-21-. The summed E-state index contributed by atoms with van der Waals surface area (Å²) in [6.45, 7) is 3.56. The van der Waals surface area contributed by atoms with Crippen molar-refractivity contribution in [3.8, 4) is 0 Å². The van der Waals surface area contributed by atoms with E-state index >= 15 is 0 Å². The highest BCUT2D eigenvalue weighted by atomic mass is 31.2. The smallest absolute Gasteiger partial charge is 0.462 e. The minimum absolute atomic E-state index is 0.0507. The van der Waals surface area contributed by atoms with Crippen LogP contribution in [0.4, 0.5) is 0 Å². The molecule has 0 aromatic rings. The monoisotopic (exact) mass is 780 g/mol. The van der Waals surface area contributed by atoms with E-state index in [-0.39, 0.29) is 38.6 Å². The normalized spacial score (nSPS) is 13.9. The largest absolute Gasteiger partial charge is 0.472 e. The maximum atomic E-state index is 12.6. The Kier molecular flexibility index (Phi) is 38.7. The number of phosphoric ester groups is 1. The molecule has 0 aromatic carbocycles. The van der Waals surface area contributed by atoms with Gasteiger partial charge in [-0.05, 0) is 57.8 Å². The molecule has 2 atom stereocenters. The van der Waals surface area contributed by atoms with E-state index < -0.39 is 26.5 Å². The minimum atomic E-state index is -4.37. The molecule has 0 aliphatic carbocycles. The second kappa shape index (κ2) is 40.4. The molecule has 10 heteroatoms. The Labute approximate surface area is 329 Å². The summed E-state index contributed by atoms with van der Waals surface area (Å²) in [6.07, 6.45) is 47.0. The average molecular weight is 780 g/mol. The van der Waals surface area contributed by atoms with Crippen molar-refractivity contribution in [3.63, 3.8) is 0 Å². The van der Waals surface area contributed by atoms with Gasteiger partial charge < -0.3 is 20.1 Å². The number of hydrogen-bond donors (Lipinski definition) is 2. The van der Waals surface area contributed by atoms with E-state index in [4.69, 9.17) is 24.3 Å². The molecular formula is C44H78NO8P. The van der Waals surface area contributed by atoms with E-state index in [9.17, 15) is 19.0 Å². The molecule has 2 unspecified atom stereocenters. The van der Waals surface area contributed by atoms with Gasteiger partial charge in [-0.3, -0.25) is 18.6 Å². The summed E-state index contributed by atoms with van der Waals surface area (Å²) >= 11 is 0. The predicted molar refractivity (Wildman–Crippen MR) is 224 cm³/mol. The average Bonchev–Trinajstić information content (AvgIpc) is 3.16. The molecule has 0 spiro atoms. The number of phosphoric acid groups is 1. The fourth-order valence-corrected chi connectivity index (χ4v) is 6.31. The topological polar surface area (TPSA) is 134 Å². The van der Waals surface area contributed by atoms with Gasteiger partial charge in [0.25, 0.3) is 0 Å². The Bertz CT molecular complexity index is 1070. The summed E-state index contributed by atoms with van der Waals surface area (Å²) in [5, 5.41) is 0. The van der Waals surface area contributed by atoms with Crippen LogP contribution in [0.2, 0.25) is 0 Å². The van der Waals surface area contributed by atoms with Gasteiger partial charge in [-0.1, -0.05) is 164 Å². The SMILES string of the molecule is CC/C=C\C/C=C\C/C=C\C/C=C\C/C=C\CCCCCCCCCCCC(=O)OC(COC(=O)CCCCCCCCCC)COP(=O)(O)OCCN. The van der Waals surface area contributed by atoms with Gasteiger partial charge in [0.05, 0.1) is 13.2 Å². The zero-order valence-electron chi connectivity index (χ0n) is 34.2. The van der Waals surface area contributed by atoms with Crippen molar-refractivity contribution in [2.24, 2.45) is 5.73 Å². The number of hydrogen-bond acceptors (Lipinski definition) is 8. The van der Waals surface area contributed by atoms with Crippen molar-refractivity contribution in [3.05, 3.63) is 60.8 Å². The third-order valence-corrected chi connectivity index (χ3v) is 9.65. The third-order valence-electron chi connectivity index (χ3n) is 8.67. The maximum Gasteiger partial charge on any atom is 0.472 e. The lowest BCUT2D eigenvalue weighted by atomic mass is 10.1. The number of carbonyl (C=O) groups is 2. The van der Waals surface area contributed by atoms with Crippen LogP contribution >= 0.6 is 7.82 Å². The Morgan fingerprint density at radius 1 is 0.574 bits per heavy atom. The van der Waals surface area contributed by atoms with Gasteiger partial charge in [-0.2, -0.15) is 0 Å². The van der Waals surface area contributed by atoms with Crippen LogP contribution in [0.5, 0.6) is 0 Å². The van der Waals surface area contributed by atoms with Crippen molar-refractivity contribution in [1.82, 2.24) is 0 Å². The lowest BCUT2D eigenvalue weighted by molar-refractivity contribution is -0.161. The van der Waals surface area contributed by atoms with E-state index in [1.807, 2.05) is 0 Å². The van der Waals surface area contributed by atoms with Gasteiger partial charge in [-0.15, -0.1) is 0 Å². The Balaban J connectivity index is 4.05. The molecule has 0 bridgehead atoms. The lowest BCUT2D eigenvalue weighted by Gasteiger charge is -2.19. The molecule has 0 radical (unpaired) electrons.